The smallest absolute Gasteiger partial charge is 0.331 e. The van der Waals surface area contributed by atoms with Gasteiger partial charge in [-0.3, -0.25) is 0 Å². The predicted molar refractivity (Wildman–Crippen MR) is 122 cm³/mol. The normalized spacial score (nSPS) is 11.1. The maximum absolute atomic E-state index is 12.3. The molecule has 0 bridgehead atoms. The monoisotopic (exact) mass is 454 g/mol. The Morgan fingerprint density at radius 1 is 1.03 bits per heavy atom. The fraction of sp³-hybridized carbons (Fsp3) is 0.0435. The third-order valence-electron chi connectivity index (χ3n) is 4.34. The topological polar surface area (TPSA) is 44.1 Å². The van der Waals surface area contributed by atoms with Gasteiger partial charge in [0.15, 0.2) is 0 Å². The molecule has 150 valence electrons. The second-order valence-corrected chi connectivity index (χ2v) is 8.09. The molecule has 0 saturated carbocycles. The summed E-state index contributed by atoms with van der Waals surface area (Å²) in [5.74, 6) is -0.490. The predicted octanol–water partition coefficient (Wildman–Crippen LogP) is 6.66. The van der Waals surface area contributed by atoms with E-state index >= 15 is 0 Å². The number of rotatable bonds is 6. The van der Waals surface area contributed by atoms with E-state index in [0.717, 1.165) is 21.8 Å². The zero-order chi connectivity index (χ0) is 20.9. The molecule has 7 heteroatoms. The molecule has 2 heterocycles. The molecule has 0 saturated heterocycles. The summed E-state index contributed by atoms with van der Waals surface area (Å²) in [6.07, 6.45) is 4.98. The van der Waals surface area contributed by atoms with Gasteiger partial charge in [-0.15, -0.1) is 11.3 Å². The summed E-state index contributed by atoms with van der Waals surface area (Å²) in [6, 6.07) is 18.9. The summed E-state index contributed by atoms with van der Waals surface area (Å²) in [5, 5.41) is 7.62. The number of carbonyl (C=O) groups excluding carboxylic acids is 1. The average molecular weight is 455 g/mol. The van der Waals surface area contributed by atoms with Gasteiger partial charge < -0.3 is 4.74 Å². The number of nitrogens with zero attached hydrogens (tertiary/aromatic N) is 2. The van der Waals surface area contributed by atoms with Crippen molar-refractivity contribution in [2.75, 3.05) is 0 Å². The van der Waals surface area contributed by atoms with Crippen molar-refractivity contribution >= 4 is 46.6 Å². The molecule has 0 unspecified atom stereocenters. The Hall–Kier alpha value is -2.86. The van der Waals surface area contributed by atoms with Crippen molar-refractivity contribution in [3.05, 3.63) is 99.5 Å². The molecule has 0 aliphatic rings. The molecule has 0 aliphatic heterocycles. The highest BCUT2D eigenvalue weighted by atomic mass is 35.5. The molecule has 0 radical (unpaired) electrons. The second kappa shape index (κ2) is 9.30. The lowest BCUT2D eigenvalue weighted by molar-refractivity contribution is -0.138. The van der Waals surface area contributed by atoms with Crippen LogP contribution >= 0.6 is 34.5 Å². The molecule has 0 amide bonds. The zero-order valence-electron chi connectivity index (χ0n) is 15.7. The Kier molecular flexibility index (Phi) is 6.33. The van der Waals surface area contributed by atoms with Crippen molar-refractivity contribution in [2.24, 2.45) is 0 Å². The Bertz CT molecular complexity index is 1170. The highest BCUT2D eigenvalue weighted by Gasteiger charge is 2.12. The van der Waals surface area contributed by atoms with Gasteiger partial charge in [0.2, 0.25) is 0 Å². The number of halogens is 2. The summed E-state index contributed by atoms with van der Waals surface area (Å²) in [4.78, 5) is 13.3. The summed E-state index contributed by atoms with van der Waals surface area (Å²) >= 11 is 13.8. The van der Waals surface area contributed by atoms with E-state index in [4.69, 9.17) is 33.0 Å². The van der Waals surface area contributed by atoms with Crippen molar-refractivity contribution in [3.63, 3.8) is 0 Å². The van der Waals surface area contributed by atoms with Gasteiger partial charge in [-0.1, -0.05) is 53.5 Å². The van der Waals surface area contributed by atoms with Crippen molar-refractivity contribution in [2.45, 2.75) is 6.61 Å². The molecule has 4 nitrogen and oxygen atoms in total. The van der Waals surface area contributed by atoms with E-state index in [9.17, 15) is 4.79 Å². The Morgan fingerprint density at radius 3 is 2.50 bits per heavy atom. The number of esters is 1. The van der Waals surface area contributed by atoms with Gasteiger partial charge >= 0.3 is 5.97 Å². The molecular weight excluding hydrogens is 439 g/mol. The fourth-order valence-corrected chi connectivity index (χ4v) is 4.08. The van der Waals surface area contributed by atoms with Crippen LogP contribution in [0.15, 0.2) is 78.3 Å². The van der Waals surface area contributed by atoms with Crippen LogP contribution in [-0.4, -0.2) is 15.7 Å². The first kappa shape index (κ1) is 20.4. The summed E-state index contributed by atoms with van der Waals surface area (Å²) in [6.45, 7) is 0.00272. The minimum Gasteiger partial charge on any atom is -0.458 e. The molecule has 0 fully saturated rings. The van der Waals surface area contributed by atoms with Crippen LogP contribution in [0, 0.1) is 0 Å². The van der Waals surface area contributed by atoms with Crippen molar-refractivity contribution in [3.8, 4) is 16.3 Å². The van der Waals surface area contributed by atoms with Crippen molar-refractivity contribution < 1.29 is 9.53 Å². The lowest BCUT2D eigenvalue weighted by Crippen LogP contribution is -2.01. The summed E-state index contributed by atoms with van der Waals surface area (Å²) < 4.78 is 7.11. The number of hydrogen-bond acceptors (Lipinski definition) is 4. The van der Waals surface area contributed by atoms with Crippen LogP contribution in [-0.2, 0) is 16.1 Å². The molecule has 30 heavy (non-hydrogen) atoms. The molecule has 2 aromatic heterocycles. The lowest BCUT2D eigenvalue weighted by Gasteiger charge is -2.06. The molecule has 0 aliphatic carbocycles. The quantitative estimate of drug-likeness (QED) is 0.241. The molecular formula is C23H16Cl2N2O2S. The average Bonchev–Trinajstić information content (AvgIpc) is 3.42. The van der Waals surface area contributed by atoms with Crippen LogP contribution in [0.4, 0.5) is 0 Å². The molecule has 2 aromatic carbocycles. The van der Waals surface area contributed by atoms with E-state index in [-0.39, 0.29) is 6.61 Å². The number of para-hydroxylation sites is 1. The van der Waals surface area contributed by atoms with E-state index in [1.807, 2.05) is 54.0 Å². The lowest BCUT2D eigenvalue weighted by atomic mass is 10.2. The van der Waals surface area contributed by atoms with Crippen LogP contribution in [0.25, 0.3) is 22.3 Å². The van der Waals surface area contributed by atoms with E-state index in [1.165, 1.54) is 6.08 Å². The minimum atomic E-state index is -0.490. The van der Waals surface area contributed by atoms with Crippen LogP contribution in [0.5, 0.6) is 0 Å². The first-order valence-corrected chi connectivity index (χ1v) is 10.7. The SMILES string of the molecule is O=C(C=Cc1cn(-c2ccccc2)nc1-c1cccs1)OCc1c(Cl)cccc1Cl. The molecule has 4 rings (SSSR count). The molecule has 0 N–H and O–H groups in total. The van der Waals surface area contributed by atoms with Crippen molar-refractivity contribution in [1.82, 2.24) is 9.78 Å². The Balaban J connectivity index is 1.55. The first-order valence-electron chi connectivity index (χ1n) is 9.08. The minimum absolute atomic E-state index is 0.00272. The number of hydrogen-bond donors (Lipinski definition) is 0. The van der Waals surface area contributed by atoms with E-state index < -0.39 is 5.97 Å². The first-order chi connectivity index (χ1) is 14.6. The van der Waals surface area contributed by atoms with Crippen LogP contribution in [0.1, 0.15) is 11.1 Å². The van der Waals surface area contributed by atoms with Gasteiger partial charge in [-0.05, 0) is 41.8 Å². The van der Waals surface area contributed by atoms with Crippen LogP contribution in [0.3, 0.4) is 0 Å². The number of ether oxygens (including phenoxy) is 1. The molecule has 4 aromatic rings. The second-order valence-electron chi connectivity index (χ2n) is 6.33. The molecule has 0 atom stereocenters. The van der Waals surface area contributed by atoms with E-state index in [0.29, 0.717) is 15.6 Å². The maximum atomic E-state index is 12.3. The van der Waals surface area contributed by atoms with E-state index in [1.54, 1.807) is 40.3 Å². The zero-order valence-corrected chi connectivity index (χ0v) is 18.0. The van der Waals surface area contributed by atoms with Gasteiger partial charge in [0.1, 0.15) is 12.3 Å². The van der Waals surface area contributed by atoms with Gasteiger partial charge in [0, 0.05) is 33.4 Å². The van der Waals surface area contributed by atoms with Gasteiger partial charge in [0.05, 0.1) is 10.6 Å². The highest BCUT2D eigenvalue weighted by Crippen LogP contribution is 2.29. The highest BCUT2D eigenvalue weighted by molar-refractivity contribution is 7.13. The number of thiophene rings is 1. The largest absolute Gasteiger partial charge is 0.458 e. The summed E-state index contributed by atoms with van der Waals surface area (Å²) in [5.41, 5.74) is 3.13. The van der Waals surface area contributed by atoms with Crippen LogP contribution in [0.2, 0.25) is 10.0 Å². The number of aromatic nitrogens is 2. The summed E-state index contributed by atoms with van der Waals surface area (Å²) in [7, 11) is 0. The van der Waals surface area contributed by atoms with Gasteiger partial charge in [0.25, 0.3) is 0 Å². The Labute approximate surface area is 188 Å². The number of carbonyl (C=O) groups is 1. The third kappa shape index (κ3) is 4.65. The van der Waals surface area contributed by atoms with Crippen LogP contribution < -0.4 is 0 Å². The Morgan fingerprint density at radius 2 is 1.80 bits per heavy atom. The molecule has 0 spiro atoms. The number of benzene rings is 2. The van der Waals surface area contributed by atoms with Gasteiger partial charge in [-0.2, -0.15) is 5.10 Å². The van der Waals surface area contributed by atoms with Crippen molar-refractivity contribution in [1.29, 1.82) is 0 Å². The third-order valence-corrected chi connectivity index (χ3v) is 5.92. The van der Waals surface area contributed by atoms with E-state index in [2.05, 4.69) is 0 Å². The van der Waals surface area contributed by atoms with Gasteiger partial charge in [-0.25, -0.2) is 9.48 Å². The standard InChI is InChI=1S/C23H16Cl2N2O2S/c24-19-8-4-9-20(25)18(19)15-29-22(28)12-11-16-14-27(17-6-2-1-3-7-17)26-23(16)21-10-5-13-30-21/h1-14H,15H2. The fourth-order valence-electron chi connectivity index (χ4n) is 2.85. The maximum Gasteiger partial charge on any atom is 0.331 e.